The number of hydrogen-bond donors (Lipinski definition) is 0. The van der Waals surface area contributed by atoms with Crippen LogP contribution < -0.4 is 0 Å². The molecule has 0 amide bonds. The molecule has 0 fully saturated rings. The predicted molar refractivity (Wildman–Crippen MR) is 82.5 cm³/mol. The van der Waals surface area contributed by atoms with E-state index in [0.29, 0.717) is 11.5 Å². The Labute approximate surface area is 136 Å². The number of rotatable bonds is 4. The molecule has 0 spiro atoms. The van der Waals surface area contributed by atoms with E-state index in [9.17, 15) is 9.18 Å². The Kier molecular flexibility index (Phi) is 4.39. The fourth-order valence-corrected chi connectivity index (χ4v) is 2.16. The number of benzene rings is 2. The monoisotopic (exact) mass is 331 g/mol. The molecule has 0 N–H and O–H groups in total. The van der Waals surface area contributed by atoms with Crippen molar-refractivity contribution in [3.8, 4) is 11.3 Å². The highest BCUT2D eigenvalue weighted by molar-refractivity contribution is 6.30. The minimum atomic E-state index is -0.811. The van der Waals surface area contributed by atoms with Gasteiger partial charge in [0.05, 0.1) is 5.56 Å². The van der Waals surface area contributed by atoms with Gasteiger partial charge in [-0.05, 0) is 18.2 Å². The lowest BCUT2D eigenvalue weighted by atomic mass is 10.2. The summed E-state index contributed by atoms with van der Waals surface area (Å²) in [7, 11) is 0. The predicted octanol–water partition coefficient (Wildman–Crippen LogP) is 4.49. The molecule has 23 heavy (non-hydrogen) atoms. The van der Waals surface area contributed by atoms with Gasteiger partial charge in [-0.3, -0.25) is 0 Å². The van der Waals surface area contributed by atoms with Crippen molar-refractivity contribution in [2.75, 3.05) is 0 Å². The Morgan fingerprint density at radius 2 is 1.96 bits per heavy atom. The van der Waals surface area contributed by atoms with Gasteiger partial charge >= 0.3 is 5.97 Å². The standard InChI is InChI=1S/C17H11ClFNO3/c18-12-6-7-15(19)14(8-12)17(21)22-10-13-9-16(23-20-13)11-4-2-1-3-5-11/h1-9H,10H2. The van der Waals surface area contributed by atoms with Crippen LogP contribution in [0, 0.1) is 5.82 Å². The van der Waals surface area contributed by atoms with Gasteiger partial charge in [-0.2, -0.15) is 0 Å². The van der Waals surface area contributed by atoms with Crippen LogP contribution >= 0.6 is 11.6 Å². The van der Waals surface area contributed by atoms with E-state index in [0.717, 1.165) is 11.6 Å². The number of esters is 1. The molecular weight excluding hydrogens is 321 g/mol. The normalized spacial score (nSPS) is 10.5. The van der Waals surface area contributed by atoms with Crippen LogP contribution in [0.25, 0.3) is 11.3 Å². The summed E-state index contributed by atoms with van der Waals surface area (Å²) in [6, 6.07) is 14.7. The van der Waals surface area contributed by atoms with Gasteiger partial charge in [0, 0.05) is 16.7 Å². The molecular formula is C17H11ClFNO3. The third-order valence-corrected chi connectivity index (χ3v) is 3.35. The van der Waals surface area contributed by atoms with Crippen LogP contribution in [0.3, 0.4) is 0 Å². The topological polar surface area (TPSA) is 52.3 Å². The van der Waals surface area contributed by atoms with Crippen molar-refractivity contribution in [1.29, 1.82) is 0 Å². The zero-order valence-electron chi connectivity index (χ0n) is 11.8. The number of halogens is 2. The summed E-state index contributed by atoms with van der Waals surface area (Å²) in [4.78, 5) is 11.9. The van der Waals surface area contributed by atoms with Gasteiger partial charge in [0.15, 0.2) is 5.76 Å². The Morgan fingerprint density at radius 3 is 2.74 bits per heavy atom. The molecule has 0 saturated carbocycles. The maximum atomic E-state index is 13.6. The van der Waals surface area contributed by atoms with E-state index in [-0.39, 0.29) is 17.2 Å². The molecule has 3 rings (SSSR count). The van der Waals surface area contributed by atoms with Crippen molar-refractivity contribution < 1.29 is 18.4 Å². The first kappa shape index (κ1) is 15.2. The van der Waals surface area contributed by atoms with Gasteiger partial charge < -0.3 is 9.26 Å². The summed E-state index contributed by atoms with van der Waals surface area (Å²) in [5.41, 5.74) is 1.07. The molecule has 0 radical (unpaired) electrons. The summed E-state index contributed by atoms with van der Waals surface area (Å²) in [5.74, 6) is -0.940. The molecule has 0 bridgehead atoms. The fraction of sp³-hybridized carbons (Fsp3) is 0.0588. The van der Waals surface area contributed by atoms with Crippen LogP contribution in [0.1, 0.15) is 16.1 Å². The Hall–Kier alpha value is -2.66. The molecule has 6 heteroatoms. The zero-order valence-corrected chi connectivity index (χ0v) is 12.6. The molecule has 2 aromatic carbocycles. The average Bonchev–Trinajstić information content (AvgIpc) is 3.05. The van der Waals surface area contributed by atoms with Crippen molar-refractivity contribution in [3.63, 3.8) is 0 Å². The van der Waals surface area contributed by atoms with E-state index in [1.165, 1.54) is 12.1 Å². The van der Waals surface area contributed by atoms with E-state index < -0.39 is 11.8 Å². The van der Waals surface area contributed by atoms with Gasteiger partial charge in [-0.15, -0.1) is 0 Å². The second kappa shape index (κ2) is 6.62. The minimum Gasteiger partial charge on any atom is -0.455 e. The molecule has 116 valence electrons. The largest absolute Gasteiger partial charge is 0.455 e. The van der Waals surface area contributed by atoms with Crippen molar-refractivity contribution in [2.45, 2.75) is 6.61 Å². The van der Waals surface area contributed by atoms with E-state index in [4.69, 9.17) is 20.9 Å². The summed E-state index contributed by atoms with van der Waals surface area (Å²) < 4.78 is 23.8. The van der Waals surface area contributed by atoms with Gasteiger partial charge in [-0.25, -0.2) is 9.18 Å². The molecule has 1 aromatic heterocycles. The third-order valence-electron chi connectivity index (χ3n) is 3.12. The quantitative estimate of drug-likeness (QED) is 0.661. The first-order chi connectivity index (χ1) is 11.1. The molecule has 0 aliphatic carbocycles. The Bertz CT molecular complexity index is 833. The number of hydrogen-bond acceptors (Lipinski definition) is 4. The minimum absolute atomic E-state index is 0.124. The van der Waals surface area contributed by atoms with E-state index >= 15 is 0 Å². The van der Waals surface area contributed by atoms with Crippen LogP contribution in [0.4, 0.5) is 4.39 Å². The number of ether oxygens (including phenoxy) is 1. The lowest BCUT2D eigenvalue weighted by Crippen LogP contribution is -2.07. The molecule has 0 unspecified atom stereocenters. The smallest absolute Gasteiger partial charge is 0.341 e. The van der Waals surface area contributed by atoms with E-state index in [2.05, 4.69) is 5.16 Å². The van der Waals surface area contributed by atoms with Crippen molar-refractivity contribution >= 4 is 17.6 Å². The van der Waals surface area contributed by atoms with Gasteiger partial charge in [0.2, 0.25) is 0 Å². The van der Waals surface area contributed by atoms with Gasteiger partial charge in [0.25, 0.3) is 0 Å². The maximum absolute atomic E-state index is 13.6. The van der Waals surface area contributed by atoms with E-state index in [1.54, 1.807) is 6.07 Å². The van der Waals surface area contributed by atoms with Crippen molar-refractivity contribution in [2.24, 2.45) is 0 Å². The lowest BCUT2D eigenvalue weighted by molar-refractivity contribution is 0.0459. The zero-order chi connectivity index (χ0) is 16.2. The Morgan fingerprint density at radius 1 is 1.17 bits per heavy atom. The van der Waals surface area contributed by atoms with Crippen LogP contribution in [-0.4, -0.2) is 11.1 Å². The SMILES string of the molecule is O=C(OCc1cc(-c2ccccc2)on1)c1cc(Cl)ccc1F. The van der Waals surface area contributed by atoms with Gasteiger partial charge in [0.1, 0.15) is 18.1 Å². The number of carbonyl (C=O) groups excluding carboxylic acids is 1. The van der Waals surface area contributed by atoms with Crippen molar-refractivity contribution in [1.82, 2.24) is 5.16 Å². The summed E-state index contributed by atoms with van der Waals surface area (Å²) in [5, 5.41) is 4.08. The second-order valence-electron chi connectivity index (χ2n) is 4.75. The average molecular weight is 332 g/mol. The maximum Gasteiger partial charge on any atom is 0.341 e. The highest BCUT2D eigenvalue weighted by Gasteiger charge is 2.15. The first-order valence-corrected chi connectivity index (χ1v) is 7.14. The molecule has 0 aliphatic rings. The van der Waals surface area contributed by atoms with Crippen LogP contribution in [0.2, 0.25) is 5.02 Å². The summed E-state index contributed by atoms with van der Waals surface area (Å²) in [6.45, 7) is -0.124. The molecule has 0 saturated heterocycles. The molecule has 0 atom stereocenters. The lowest BCUT2D eigenvalue weighted by Gasteiger charge is -2.04. The van der Waals surface area contributed by atoms with Crippen LogP contribution in [-0.2, 0) is 11.3 Å². The van der Waals surface area contributed by atoms with Crippen LogP contribution in [0.5, 0.6) is 0 Å². The van der Waals surface area contributed by atoms with Gasteiger partial charge in [-0.1, -0.05) is 47.1 Å². The third kappa shape index (κ3) is 3.57. The number of nitrogens with zero attached hydrogens (tertiary/aromatic N) is 1. The molecule has 4 nitrogen and oxygen atoms in total. The number of carbonyl (C=O) groups is 1. The second-order valence-corrected chi connectivity index (χ2v) is 5.19. The highest BCUT2D eigenvalue weighted by Crippen LogP contribution is 2.21. The fourth-order valence-electron chi connectivity index (χ4n) is 1.99. The molecule has 0 aliphatic heterocycles. The molecule has 1 heterocycles. The summed E-state index contributed by atoms with van der Waals surface area (Å²) >= 11 is 5.75. The van der Waals surface area contributed by atoms with Crippen LogP contribution in [0.15, 0.2) is 59.1 Å². The van der Waals surface area contributed by atoms with Crippen molar-refractivity contribution in [3.05, 3.63) is 76.7 Å². The number of aromatic nitrogens is 1. The molecule has 3 aromatic rings. The highest BCUT2D eigenvalue weighted by atomic mass is 35.5. The Balaban J connectivity index is 1.68. The first-order valence-electron chi connectivity index (χ1n) is 6.76. The van der Waals surface area contributed by atoms with E-state index in [1.807, 2.05) is 30.3 Å². The summed E-state index contributed by atoms with van der Waals surface area (Å²) in [6.07, 6.45) is 0.